The maximum atomic E-state index is 13.4. The minimum absolute atomic E-state index is 0.149. The van der Waals surface area contributed by atoms with Crippen molar-refractivity contribution in [3.63, 3.8) is 0 Å². The van der Waals surface area contributed by atoms with Crippen molar-refractivity contribution in [2.45, 2.75) is 12.7 Å². The molecule has 1 aromatic carbocycles. The van der Waals surface area contributed by atoms with Crippen LogP contribution in [0.3, 0.4) is 0 Å². The number of H-pyrrole nitrogens is 1. The fourth-order valence-electron chi connectivity index (χ4n) is 2.44. The summed E-state index contributed by atoms with van der Waals surface area (Å²) >= 11 is 0. The van der Waals surface area contributed by atoms with Gasteiger partial charge in [0, 0.05) is 12.4 Å². The van der Waals surface area contributed by atoms with Gasteiger partial charge in [0.25, 0.3) is 0 Å². The van der Waals surface area contributed by atoms with Crippen molar-refractivity contribution in [3.8, 4) is 5.69 Å². The first-order chi connectivity index (χ1) is 11.7. The number of hydrogen-bond donors (Lipinski definition) is 2. The van der Waals surface area contributed by atoms with Crippen LogP contribution in [0.4, 0.5) is 13.2 Å². The van der Waals surface area contributed by atoms with Crippen LogP contribution in [0.15, 0.2) is 40.4 Å². The summed E-state index contributed by atoms with van der Waals surface area (Å²) in [6.45, 7) is -0.867. The quantitative estimate of drug-likeness (QED) is 0.682. The monoisotopic (exact) mass is 354 g/mol. The summed E-state index contributed by atoms with van der Waals surface area (Å²) in [5.41, 5.74) is -4.27. The summed E-state index contributed by atoms with van der Waals surface area (Å²) in [4.78, 5) is 40.2. The maximum absolute atomic E-state index is 13.4. The lowest BCUT2D eigenvalue weighted by molar-refractivity contribution is -0.138. The van der Waals surface area contributed by atoms with Gasteiger partial charge >= 0.3 is 23.3 Å². The molecule has 3 aromatic rings. The SMILES string of the molecule is O=C(O)Cn1c(=O)c(=O)[nH]c2cc(C(F)(F)F)c(-n3ccnc3)cc21. The van der Waals surface area contributed by atoms with E-state index in [1.807, 2.05) is 4.98 Å². The van der Waals surface area contributed by atoms with E-state index in [0.717, 1.165) is 17.0 Å². The summed E-state index contributed by atoms with van der Waals surface area (Å²) in [7, 11) is 0. The number of imidazole rings is 1. The minimum Gasteiger partial charge on any atom is -0.480 e. The number of halogens is 3. The fraction of sp³-hybridized carbons (Fsp3) is 0.143. The highest BCUT2D eigenvalue weighted by Gasteiger charge is 2.35. The van der Waals surface area contributed by atoms with Gasteiger partial charge in [-0.15, -0.1) is 0 Å². The Morgan fingerprint density at radius 3 is 2.56 bits per heavy atom. The van der Waals surface area contributed by atoms with Crippen molar-refractivity contribution in [2.75, 3.05) is 0 Å². The van der Waals surface area contributed by atoms with Crippen molar-refractivity contribution in [1.82, 2.24) is 19.1 Å². The zero-order valence-corrected chi connectivity index (χ0v) is 12.2. The van der Waals surface area contributed by atoms with E-state index >= 15 is 0 Å². The van der Waals surface area contributed by atoms with Crippen molar-refractivity contribution < 1.29 is 23.1 Å². The Morgan fingerprint density at radius 2 is 2.00 bits per heavy atom. The normalized spacial score (nSPS) is 11.8. The van der Waals surface area contributed by atoms with Gasteiger partial charge in [-0.25, -0.2) is 4.98 Å². The molecule has 0 radical (unpaired) electrons. The largest absolute Gasteiger partial charge is 0.480 e. The number of nitrogens with zero attached hydrogens (tertiary/aromatic N) is 3. The third-order valence-electron chi connectivity index (χ3n) is 3.47. The van der Waals surface area contributed by atoms with Crippen LogP contribution in [0, 0.1) is 0 Å². The number of fused-ring (bicyclic) bond motifs is 1. The molecule has 11 heteroatoms. The number of hydrogen-bond acceptors (Lipinski definition) is 4. The number of alkyl halides is 3. The van der Waals surface area contributed by atoms with Crippen molar-refractivity contribution in [2.24, 2.45) is 0 Å². The van der Waals surface area contributed by atoms with E-state index in [2.05, 4.69) is 4.98 Å². The number of carboxylic acids is 1. The third kappa shape index (κ3) is 2.91. The number of nitrogens with one attached hydrogen (secondary N) is 1. The molecule has 0 atom stereocenters. The van der Waals surface area contributed by atoms with Gasteiger partial charge in [0.1, 0.15) is 6.54 Å². The Hall–Kier alpha value is -3.37. The van der Waals surface area contributed by atoms with Gasteiger partial charge in [0.2, 0.25) is 0 Å². The zero-order valence-electron chi connectivity index (χ0n) is 12.2. The number of benzene rings is 1. The van der Waals surface area contributed by atoms with Crippen molar-refractivity contribution >= 4 is 17.0 Å². The summed E-state index contributed by atoms with van der Waals surface area (Å²) in [6, 6.07) is 1.64. The molecule has 0 unspecified atom stereocenters. The van der Waals surface area contributed by atoms with Gasteiger partial charge in [0.05, 0.1) is 28.6 Å². The number of aromatic amines is 1. The maximum Gasteiger partial charge on any atom is 0.418 e. The number of rotatable bonds is 3. The van der Waals surface area contributed by atoms with Crippen LogP contribution < -0.4 is 11.1 Å². The van der Waals surface area contributed by atoms with Crippen LogP contribution >= 0.6 is 0 Å². The molecule has 0 fully saturated rings. The summed E-state index contributed by atoms with van der Waals surface area (Å²) in [5.74, 6) is -1.42. The first-order valence-corrected chi connectivity index (χ1v) is 6.76. The second-order valence-corrected chi connectivity index (χ2v) is 5.09. The predicted molar refractivity (Wildman–Crippen MR) is 78.6 cm³/mol. The van der Waals surface area contributed by atoms with Crippen molar-refractivity contribution in [1.29, 1.82) is 0 Å². The molecule has 2 heterocycles. The molecule has 25 heavy (non-hydrogen) atoms. The van der Waals surface area contributed by atoms with Gasteiger partial charge < -0.3 is 14.7 Å². The summed E-state index contributed by atoms with van der Waals surface area (Å²) in [6.07, 6.45) is -1.09. The molecule has 2 aromatic heterocycles. The number of aromatic nitrogens is 4. The lowest BCUT2D eigenvalue weighted by atomic mass is 10.1. The highest BCUT2D eigenvalue weighted by Crippen LogP contribution is 2.35. The molecular formula is C14H9F3N4O4. The molecule has 0 amide bonds. The minimum atomic E-state index is -4.75. The van der Waals surface area contributed by atoms with E-state index in [1.165, 1.54) is 12.4 Å². The van der Waals surface area contributed by atoms with Crippen molar-refractivity contribution in [3.05, 3.63) is 57.1 Å². The van der Waals surface area contributed by atoms with Crippen LogP contribution in [0.25, 0.3) is 16.7 Å². The zero-order chi connectivity index (χ0) is 18.4. The molecule has 0 aliphatic heterocycles. The Kier molecular flexibility index (Phi) is 3.70. The Bertz CT molecular complexity index is 1080. The second-order valence-electron chi connectivity index (χ2n) is 5.09. The smallest absolute Gasteiger partial charge is 0.418 e. The first-order valence-electron chi connectivity index (χ1n) is 6.76. The van der Waals surface area contributed by atoms with Crippen LogP contribution in [0.5, 0.6) is 0 Å². The average Bonchev–Trinajstić information content (AvgIpc) is 3.04. The van der Waals surface area contributed by atoms with Gasteiger partial charge in [0.15, 0.2) is 0 Å². The molecule has 0 saturated heterocycles. The number of aliphatic carboxylic acids is 1. The highest BCUT2D eigenvalue weighted by molar-refractivity contribution is 5.80. The molecule has 8 nitrogen and oxygen atoms in total. The van der Waals surface area contributed by atoms with E-state index in [0.29, 0.717) is 10.6 Å². The Labute approximate surface area is 135 Å². The number of carbonyl (C=O) groups is 1. The second kappa shape index (κ2) is 5.61. The lowest BCUT2D eigenvalue weighted by Crippen LogP contribution is -2.38. The van der Waals surface area contributed by atoms with E-state index in [-0.39, 0.29) is 16.7 Å². The topological polar surface area (TPSA) is 110 Å². The van der Waals surface area contributed by atoms with E-state index in [9.17, 15) is 27.6 Å². The van der Waals surface area contributed by atoms with Gasteiger partial charge in [-0.05, 0) is 12.1 Å². The number of carboxylic acid groups (broad SMARTS) is 1. The lowest BCUT2D eigenvalue weighted by Gasteiger charge is -2.16. The molecule has 130 valence electrons. The fourth-order valence-corrected chi connectivity index (χ4v) is 2.44. The molecule has 3 rings (SSSR count). The molecule has 0 aliphatic carbocycles. The third-order valence-corrected chi connectivity index (χ3v) is 3.47. The van der Waals surface area contributed by atoms with Crippen LogP contribution in [-0.2, 0) is 17.5 Å². The molecular weight excluding hydrogens is 345 g/mol. The summed E-state index contributed by atoms with van der Waals surface area (Å²) in [5, 5.41) is 8.91. The van der Waals surface area contributed by atoms with Crippen LogP contribution in [0.1, 0.15) is 5.56 Å². The van der Waals surface area contributed by atoms with E-state index in [1.54, 1.807) is 0 Å². The highest BCUT2D eigenvalue weighted by atomic mass is 19.4. The van der Waals surface area contributed by atoms with Gasteiger partial charge in [-0.2, -0.15) is 13.2 Å². The first kappa shape index (κ1) is 16.5. The summed E-state index contributed by atoms with van der Waals surface area (Å²) < 4.78 is 41.8. The Balaban J connectivity index is 2.45. The molecule has 2 N–H and O–H groups in total. The molecule has 0 saturated carbocycles. The average molecular weight is 354 g/mol. The van der Waals surface area contributed by atoms with E-state index in [4.69, 9.17) is 5.11 Å². The van der Waals surface area contributed by atoms with Gasteiger partial charge in [-0.1, -0.05) is 0 Å². The Morgan fingerprint density at radius 1 is 1.28 bits per heavy atom. The van der Waals surface area contributed by atoms with Crippen LogP contribution in [0.2, 0.25) is 0 Å². The molecule has 0 aliphatic rings. The van der Waals surface area contributed by atoms with Gasteiger partial charge in [-0.3, -0.25) is 19.0 Å². The van der Waals surface area contributed by atoms with Crippen LogP contribution in [-0.4, -0.2) is 30.2 Å². The predicted octanol–water partition coefficient (Wildman–Crippen LogP) is 0.979. The molecule has 0 bridgehead atoms. The van der Waals surface area contributed by atoms with E-state index < -0.39 is 35.4 Å². The molecule has 0 spiro atoms. The standard InChI is InChI=1S/C14H9F3N4O4/c15-14(16,17)7-3-8-10(4-9(7)20-2-1-18-6-20)21(5-11(22)23)13(25)12(24)19-8/h1-4,6H,5H2,(H,19,24)(H,22,23).